The molecule has 0 heterocycles. The van der Waals surface area contributed by atoms with Crippen LogP contribution < -0.4 is 0 Å². The summed E-state index contributed by atoms with van der Waals surface area (Å²) < 4.78 is 28.0. The Morgan fingerprint density at radius 2 is 1.88 bits per heavy atom. The molecule has 1 aromatic rings. The predicted octanol–water partition coefficient (Wildman–Crippen LogP) is 1.68. The van der Waals surface area contributed by atoms with Crippen LogP contribution in [0.1, 0.15) is 18.4 Å². The van der Waals surface area contributed by atoms with Crippen molar-refractivity contribution in [3.05, 3.63) is 29.8 Å². The molecule has 0 spiro atoms. The number of hydrogen-bond donors (Lipinski definition) is 0. The molecule has 0 N–H and O–H groups in total. The first-order valence-corrected chi connectivity index (χ1v) is 6.37. The summed E-state index contributed by atoms with van der Waals surface area (Å²) in [7, 11) is -3.67. The van der Waals surface area contributed by atoms with Crippen LogP contribution in [0.5, 0.6) is 0 Å². The molecule has 88 valence electrons. The van der Waals surface area contributed by atoms with Crippen molar-refractivity contribution in [2.75, 3.05) is 6.61 Å². The maximum atomic E-state index is 11.6. The maximum absolute atomic E-state index is 11.6. The van der Waals surface area contributed by atoms with Gasteiger partial charge < -0.3 is 4.79 Å². The molecule has 0 amide bonds. The van der Waals surface area contributed by atoms with Gasteiger partial charge in [0.1, 0.15) is 6.29 Å². The van der Waals surface area contributed by atoms with Gasteiger partial charge in [0.15, 0.2) is 0 Å². The summed E-state index contributed by atoms with van der Waals surface area (Å²) in [5, 5.41) is 0. The molecule has 0 aliphatic carbocycles. The number of carbonyl (C=O) groups excluding carboxylic acids is 1. The molecule has 5 heteroatoms. The van der Waals surface area contributed by atoms with E-state index in [-0.39, 0.29) is 11.5 Å². The molecular weight excluding hydrogens is 228 g/mol. The van der Waals surface area contributed by atoms with E-state index in [1.165, 1.54) is 12.1 Å². The zero-order valence-electron chi connectivity index (χ0n) is 9.05. The van der Waals surface area contributed by atoms with Crippen molar-refractivity contribution in [1.29, 1.82) is 0 Å². The molecule has 4 nitrogen and oxygen atoms in total. The molecule has 0 saturated heterocycles. The van der Waals surface area contributed by atoms with Crippen molar-refractivity contribution in [3.63, 3.8) is 0 Å². The van der Waals surface area contributed by atoms with E-state index < -0.39 is 10.1 Å². The van der Waals surface area contributed by atoms with E-state index in [0.717, 1.165) is 11.8 Å². The molecule has 1 rings (SSSR count). The molecule has 0 fully saturated rings. The third kappa shape index (κ3) is 3.75. The minimum absolute atomic E-state index is 0.0367. The van der Waals surface area contributed by atoms with Gasteiger partial charge in [-0.2, -0.15) is 8.42 Å². The van der Waals surface area contributed by atoms with Gasteiger partial charge in [0.2, 0.25) is 0 Å². The zero-order chi connectivity index (χ0) is 12.0. The number of unbranched alkanes of at least 4 members (excludes halogenated alkanes) is 1. The Labute approximate surface area is 95.4 Å². The lowest BCUT2D eigenvalue weighted by atomic mass is 10.2. The summed E-state index contributed by atoms with van der Waals surface area (Å²) in [4.78, 5) is 10.2. The van der Waals surface area contributed by atoms with Crippen LogP contribution in [0.2, 0.25) is 0 Å². The number of aldehydes is 1. The molecule has 0 aliphatic heterocycles. The molecule has 0 saturated carbocycles. The highest BCUT2D eigenvalue weighted by molar-refractivity contribution is 7.86. The predicted molar refractivity (Wildman–Crippen MR) is 59.6 cm³/mol. The summed E-state index contributed by atoms with van der Waals surface area (Å²) in [6, 6.07) is 6.43. The Morgan fingerprint density at radius 3 is 2.44 bits per heavy atom. The summed E-state index contributed by atoms with van der Waals surface area (Å²) >= 11 is 0. The number of aryl methyl sites for hydroxylation is 1. The van der Waals surface area contributed by atoms with E-state index in [1.54, 1.807) is 12.1 Å². The smallest absolute Gasteiger partial charge is 0.296 e. The molecule has 0 unspecified atom stereocenters. The monoisotopic (exact) mass is 242 g/mol. The summed E-state index contributed by atoms with van der Waals surface area (Å²) in [6.07, 6.45) is 1.46. The van der Waals surface area contributed by atoms with Crippen molar-refractivity contribution in [3.8, 4) is 0 Å². The fourth-order valence-corrected chi connectivity index (χ4v) is 2.05. The lowest BCUT2D eigenvalue weighted by Gasteiger charge is -2.04. The highest BCUT2D eigenvalue weighted by atomic mass is 32.2. The van der Waals surface area contributed by atoms with Gasteiger partial charge in [-0.15, -0.1) is 0 Å². The van der Waals surface area contributed by atoms with Gasteiger partial charge in [0.05, 0.1) is 11.5 Å². The lowest BCUT2D eigenvalue weighted by molar-refractivity contribution is -0.108. The molecule has 0 aliphatic rings. The van der Waals surface area contributed by atoms with E-state index in [0.29, 0.717) is 12.8 Å². The van der Waals surface area contributed by atoms with Gasteiger partial charge in [-0.05, 0) is 25.5 Å². The Bertz CT molecular complexity index is 434. The fourth-order valence-electron chi connectivity index (χ4n) is 1.11. The molecule has 0 bridgehead atoms. The zero-order valence-corrected chi connectivity index (χ0v) is 9.87. The van der Waals surface area contributed by atoms with Crippen LogP contribution in [0.15, 0.2) is 29.2 Å². The van der Waals surface area contributed by atoms with Crippen LogP contribution >= 0.6 is 0 Å². The quantitative estimate of drug-likeness (QED) is 0.432. The minimum atomic E-state index is -3.67. The van der Waals surface area contributed by atoms with Crippen molar-refractivity contribution >= 4 is 16.4 Å². The van der Waals surface area contributed by atoms with E-state index >= 15 is 0 Å². The second-order valence-corrected chi connectivity index (χ2v) is 5.01. The molecule has 0 aromatic heterocycles. The summed E-state index contributed by atoms with van der Waals surface area (Å²) in [6.45, 7) is 1.91. The van der Waals surface area contributed by atoms with Crippen LogP contribution in [-0.2, 0) is 19.1 Å². The first-order chi connectivity index (χ1) is 7.56. The maximum Gasteiger partial charge on any atom is 0.296 e. The van der Waals surface area contributed by atoms with E-state index in [1.807, 2.05) is 6.92 Å². The largest absolute Gasteiger partial charge is 0.303 e. The van der Waals surface area contributed by atoms with E-state index in [4.69, 9.17) is 4.18 Å². The van der Waals surface area contributed by atoms with E-state index in [9.17, 15) is 13.2 Å². The lowest BCUT2D eigenvalue weighted by Crippen LogP contribution is -2.07. The number of rotatable bonds is 6. The first kappa shape index (κ1) is 12.9. The van der Waals surface area contributed by atoms with Crippen LogP contribution in [0.4, 0.5) is 0 Å². The molecule has 0 radical (unpaired) electrons. The number of benzene rings is 1. The van der Waals surface area contributed by atoms with E-state index in [2.05, 4.69) is 0 Å². The second kappa shape index (κ2) is 5.77. The van der Waals surface area contributed by atoms with Gasteiger partial charge in [-0.25, -0.2) is 0 Å². The number of carbonyl (C=O) groups is 1. The average Bonchev–Trinajstić information content (AvgIpc) is 2.25. The highest BCUT2D eigenvalue weighted by Crippen LogP contribution is 2.13. The standard InChI is InChI=1S/C11H14O4S/c1-10-4-6-11(7-5-10)16(13,14)15-9-3-2-8-12/h4-8H,2-3,9H2,1H3. The van der Waals surface area contributed by atoms with Crippen molar-refractivity contribution in [1.82, 2.24) is 0 Å². The summed E-state index contributed by atoms with van der Waals surface area (Å²) in [5.74, 6) is 0. The van der Waals surface area contributed by atoms with Crippen LogP contribution in [0, 0.1) is 6.92 Å². The normalized spacial score (nSPS) is 11.3. The minimum Gasteiger partial charge on any atom is -0.303 e. The average molecular weight is 242 g/mol. The van der Waals surface area contributed by atoms with Crippen LogP contribution in [-0.4, -0.2) is 21.3 Å². The van der Waals surface area contributed by atoms with Gasteiger partial charge in [-0.1, -0.05) is 17.7 Å². The van der Waals surface area contributed by atoms with Crippen LogP contribution in [0.3, 0.4) is 0 Å². The van der Waals surface area contributed by atoms with Crippen molar-refractivity contribution in [2.24, 2.45) is 0 Å². The van der Waals surface area contributed by atoms with Gasteiger partial charge >= 0.3 is 0 Å². The van der Waals surface area contributed by atoms with Crippen LogP contribution in [0.25, 0.3) is 0 Å². The van der Waals surface area contributed by atoms with Gasteiger partial charge in [-0.3, -0.25) is 4.18 Å². The molecule has 1 aromatic carbocycles. The number of hydrogen-bond acceptors (Lipinski definition) is 4. The first-order valence-electron chi connectivity index (χ1n) is 4.96. The second-order valence-electron chi connectivity index (χ2n) is 3.40. The Balaban J connectivity index is 2.63. The van der Waals surface area contributed by atoms with Gasteiger partial charge in [0.25, 0.3) is 10.1 Å². The third-order valence-corrected chi connectivity index (χ3v) is 3.34. The highest BCUT2D eigenvalue weighted by Gasteiger charge is 2.13. The third-order valence-electron chi connectivity index (χ3n) is 2.01. The van der Waals surface area contributed by atoms with Crippen molar-refractivity contribution in [2.45, 2.75) is 24.7 Å². The topological polar surface area (TPSA) is 60.4 Å². The molecule has 0 atom stereocenters. The molecular formula is C11H14O4S. The van der Waals surface area contributed by atoms with Gasteiger partial charge in [0, 0.05) is 6.42 Å². The molecule has 16 heavy (non-hydrogen) atoms. The summed E-state index contributed by atoms with van der Waals surface area (Å²) in [5.41, 5.74) is 0.986. The fraction of sp³-hybridized carbons (Fsp3) is 0.364. The Kier molecular flexibility index (Phi) is 4.64. The Hall–Kier alpha value is -1.20. The van der Waals surface area contributed by atoms with Crippen molar-refractivity contribution < 1.29 is 17.4 Å². The SMILES string of the molecule is Cc1ccc(S(=O)(=O)OCCCC=O)cc1. The Morgan fingerprint density at radius 1 is 1.25 bits per heavy atom.